The maximum atomic E-state index is 5.96. The van der Waals surface area contributed by atoms with E-state index in [4.69, 9.17) is 13.9 Å². The van der Waals surface area contributed by atoms with Crippen LogP contribution in [0.4, 0.5) is 0 Å². The number of nitrogens with one attached hydrogen (secondary N) is 2. The van der Waals surface area contributed by atoms with Gasteiger partial charge in [-0.15, -0.1) is 24.0 Å². The minimum absolute atomic E-state index is 0. The average molecular weight is 499 g/mol. The highest BCUT2D eigenvalue weighted by Gasteiger charge is 2.09. The third-order valence-electron chi connectivity index (χ3n) is 3.71. The summed E-state index contributed by atoms with van der Waals surface area (Å²) < 4.78 is 16.6. The third kappa shape index (κ3) is 8.69. The second kappa shape index (κ2) is 13.1. The van der Waals surface area contributed by atoms with Crippen LogP contribution < -0.4 is 20.1 Å². The molecule has 2 aromatic rings. The first-order chi connectivity index (χ1) is 13.1. The molecule has 28 heavy (non-hydrogen) atoms. The van der Waals surface area contributed by atoms with Crippen LogP contribution in [0, 0.1) is 0 Å². The molecule has 1 heterocycles. The van der Waals surface area contributed by atoms with E-state index in [-0.39, 0.29) is 30.1 Å². The molecule has 7 heteroatoms. The molecule has 0 amide bonds. The zero-order valence-corrected chi connectivity index (χ0v) is 19.1. The van der Waals surface area contributed by atoms with Crippen molar-refractivity contribution in [3.63, 3.8) is 0 Å². The Balaban J connectivity index is 0.00000392. The number of hydrogen-bond acceptors (Lipinski definition) is 4. The number of furan rings is 1. The predicted molar refractivity (Wildman–Crippen MR) is 124 cm³/mol. The van der Waals surface area contributed by atoms with Gasteiger partial charge in [0.15, 0.2) is 17.5 Å². The first kappa shape index (κ1) is 23.9. The highest BCUT2D eigenvalue weighted by molar-refractivity contribution is 14.0. The molecular formula is C21H30IN3O3. The second-order valence-corrected chi connectivity index (χ2v) is 6.34. The lowest BCUT2D eigenvalue weighted by molar-refractivity contribution is 0.219. The summed E-state index contributed by atoms with van der Waals surface area (Å²) in [7, 11) is 1.63. The Morgan fingerprint density at radius 2 is 1.93 bits per heavy atom. The van der Waals surface area contributed by atoms with Crippen molar-refractivity contribution >= 4 is 29.9 Å². The molecule has 0 aliphatic rings. The Labute approximate surface area is 184 Å². The zero-order valence-electron chi connectivity index (χ0n) is 16.7. The number of methoxy groups -OCH3 is 1. The van der Waals surface area contributed by atoms with Crippen molar-refractivity contribution in [3.05, 3.63) is 60.6 Å². The first-order valence-corrected chi connectivity index (χ1v) is 9.07. The Morgan fingerprint density at radius 1 is 1.18 bits per heavy atom. The molecule has 1 aromatic carbocycles. The highest BCUT2D eigenvalue weighted by Crippen LogP contribution is 2.26. The maximum Gasteiger partial charge on any atom is 0.191 e. The van der Waals surface area contributed by atoms with Gasteiger partial charge in [-0.1, -0.05) is 24.3 Å². The number of nitrogens with zero attached hydrogens (tertiary/aromatic N) is 1. The van der Waals surface area contributed by atoms with E-state index in [1.807, 2.05) is 50.2 Å². The van der Waals surface area contributed by atoms with E-state index in [0.717, 1.165) is 30.3 Å². The number of para-hydroxylation sites is 2. The SMILES string of the molecule is C=C(C)CNC(=NCC(C)Oc1ccccc1OC)NCCc1ccco1.I. The Morgan fingerprint density at radius 3 is 2.57 bits per heavy atom. The van der Waals surface area contributed by atoms with Gasteiger partial charge in [0, 0.05) is 19.5 Å². The molecule has 1 aromatic heterocycles. The van der Waals surface area contributed by atoms with Crippen molar-refractivity contribution in [2.24, 2.45) is 4.99 Å². The standard InChI is InChI=1S/C21H29N3O3.HI/c1-16(2)14-23-21(22-12-11-18-8-7-13-26-18)24-15-17(3)27-20-10-6-5-9-19(20)25-4;/h5-10,13,17H,1,11-12,14-15H2,2-4H3,(H2,22,23,24);1H. The maximum absolute atomic E-state index is 5.96. The van der Waals surface area contributed by atoms with Gasteiger partial charge in [-0.3, -0.25) is 0 Å². The summed E-state index contributed by atoms with van der Waals surface area (Å²) in [6, 6.07) is 11.5. The van der Waals surface area contributed by atoms with E-state index in [9.17, 15) is 0 Å². The molecule has 0 saturated heterocycles. The minimum atomic E-state index is -0.102. The molecule has 0 aliphatic heterocycles. The van der Waals surface area contributed by atoms with E-state index < -0.39 is 0 Å². The fourth-order valence-corrected chi connectivity index (χ4v) is 2.36. The fourth-order valence-electron chi connectivity index (χ4n) is 2.36. The largest absolute Gasteiger partial charge is 0.493 e. The van der Waals surface area contributed by atoms with Gasteiger partial charge in [0.2, 0.25) is 0 Å². The van der Waals surface area contributed by atoms with Crippen LogP contribution in [-0.2, 0) is 6.42 Å². The molecule has 6 nitrogen and oxygen atoms in total. The van der Waals surface area contributed by atoms with E-state index >= 15 is 0 Å². The Kier molecular flexibility index (Phi) is 11.2. The smallest absolute Gasteiger partial charge is 0.191 e. The molecule has 2 N–H and O–H groups in total. The minimum Gasteiger partial charge on any atom is -0.493 e. The number of rotatable bonds is 10. The van der Waals surface area contributed by atoms with Gasteiger partial charge < -0.3 is 24.5 Å². The third-order valence-corrected chi connectivity index (χ3v) is 3.71. The summed E-state index contributed by atoms with van der Waals surface area (Å²) >= 11 is 0. The van der Waals surface area contributed by atoms with Gasteiger partial charge in [0.1, 0.15) is 11.9 Å². The second-order valence-electron chi connectivity index (χ2n) is 6.34. The van der Waals surface area contributed by atoms with Crippen LogP contribution in [0.15, 0.2) is 64.2 Å². The van der Waals surface area contributed by atoms with Crippen LogP contribution >= 0.6 is 24.0 Å². The number of guanidine groups is 1. The van der Waals surface area contributed by atoms with Crippen molar-refractivity contribution in [2.75, 3.05) is 26.7 Å². The molecule has 1 unspecified atom stereocenters. The molecule has 2 rings (SSSR count). The van der Waals surface area contributed by atoms with Gasteiger partial charge in [-0.25, -0.2) is 4.99 Å². The van der Waals surface area contributed by atoms with Gasteiger partial charge in [0.25, 0.3) is 0 Å². The molecule has 0 aliphatic carbocycles. The van der Waals surface area contributed by atoms with Crippen molar-refractivity contribution < 1.29 is 13.9 Å². The molecule has 0 radical (unpaired) electrons. The van der Waals surface area contributed by atoms with Gasteiger partial charge >= 0.3 is 0 Å². The quantitative estimate of drug-likeness (QED) is 0.224. The molecule has 0 spiro atoms. The van der Waals surface area contributed by atoms with Gasteiger partial charge in [-0.2, -0.15) is 0 Å². The Hall–Kier alpha value is -2.16. The lowest BCUT2D eigenvalue weighted by Crippen LogP contribution is -2.39. The molecule has 1 atom stereocenters. The summed E-state index contributed by atoms with van der Waals surface area (Å²) in [6.45, 7) is 9.76. The topological polar surface area (TPSA) is 68.0 Å². The number of halogens is 1. The highest BCUT2D eigenvalue weighted by atomic mass is 127. The summed E-state index contributed by atoms with van der Waals surface area (Å²) in [5, 5.41) is 6.58. The number of benzene rings is 1. The van der Waals surface area contributed by atoms with Crippen molar-refractivity contribution in [2.45, 2.75) is 26.4 Å². The number of ether oxygens (including phenoxy) is 2. The van der Waals surface area contributed by atoms with Crippen LogP contribution in [0.25, 0.3) is 0 Å². The van der Waals surface area contributed by atoms with E-state index in [0.29, 0.717) is 24.6 Å². The van der Waals surface area contributed by atoms with E-state index in [1.165, 1.54) is 0 Å². The number of hydrogen-bond donors (Lipinski definition) is 2. The van der Waals surface area contributed by atoms with E-state index in [2.05, 4.69) is 22.2 Å². The molecular weight excluding hydrogens is 469 g/mol. The van der Waals surface area contributed by atoms with Gasteiger partial charge in [0.05, 0.1) is 19.9 Å². The summed E-state index contributed by atoms with van der Waals surface area (Å²) in [6.07, 6.45) is 2.36. The monoisotopic (exact) mass is 499 g/mol. The molecule has 0 fully saturated rings. The predicted octanol–water partition coefficient (Wildman–Crippen LogP) is 4.03. The normalized spacial score (nSPS) is 11.9. The summed E-state index contributed by atoms with van der Waals surface area (Å²) in [5.41, 5.74) is 1.04. The average Bonchev–Trinajstić information content (AvgIpc) is 3.17. The van der Waals surface area contributed by atoms with Gasteiger partial charge in [-0.05, 0) is 38.1 Å². The first-order valence-electron chi connectivity index (χ1n) is 9.07. The number of aliphatic imine (C=N–C) groups is 1. The van der Waals surface area contributed by atoms with Crippen LogP contribution in [0.5, 0.6) is 11.5 Å². The zero-order chi connectivity index (χ0) is 19.5. The van der Waals surface area contributed by atoms with Crippen molar-refractivity contribution in [1.82, 2.24) is 10.6 Å². The van der Waals surface area contributed by atoms with Crippen molar-refractivity contribution in [1.29, 1.82) is 0 Å². The van der Waals surface area contributed by atoms with Crippen LogP contribution in [0.2, 0.25) is 0 Å². The lowest BCUT2D eigenvalue weighted by atomic mass is 10.3. The molecule has 0 bridgehead atoms. The Bertz CT molecular complexity index is 732. The fraction of sp³-hybridized carbons (Fsp3) is 0.381. The van der Waals surface area contributed by atoms with Crippen LogP contribution in [-0.4, -0.2) is 38.8 Å². The summed E-state index contributed by atoms with van der Waals surface area (Å²) in [5.74, 6) is 3.09. The van der Waals surface area contributed by atoms with Crippen LogP contribution in [0.3, 0.4) is 0 Å². The van der Waals surface area contributed by atoms with Crippen molar-refractivity contribution in [3.8, 4) is 11.5 Å². The molecule has 0 saturated carbocycles. The molecule has 154 valence electrons. The summed E-state index contributed by atoms with van der Waals surface area (Å²) in [4.78, 5) is 4.62. The van der Waals surface area contributed by atoms with E-state index in [1.54, 1.807) is 13.4 Å². The lowest BCUT2D eigenvalue weighted by Gasteiger charge is -2.17. The van der Waals surface area contributed by atoms with Crippen LogP contribution in [0.1, 0.15) is 19.6 Å².